The van der Waals surface area contributed by atoms with Gasteiger partial charge in [-0.3, -0.25) is 14.7 Å². The lowest BCUT2D eigenvalue weighted by molar-refractivity contribution is 0.0929. The zero-order valence-corrected chi connectivity index (χ0v) is 10.9. The summed E-state index contributed by atoms with van der Waals surface area (Å²) < 4.78 is 0. The molecule has 1 aliphatic rings. The van der Waals surface area contributed by atoms with Gasteiger partial charge in [0.2, 0.25) is 0 Å². The van der Waals surface area contributed by atoms with Gasteiger partial charge in [0.1, 0.15) is 5.69 Å². The van der Waals surface area contributed by atoms with Crippen LogP contribution in [0.5, 0.6) is 0 Å². The number of rotatable bonds is 5. The van der Waals surface area contributed by atoms with Gasteiger partial charge < -0.3 is 5.32 Å². The van der Waals surface area contributed by atoms with Crippen LogP contribution >= 0.6 is 0 Å². The van der Waals surface area contributed by atoms with Crippen molar-refractivity contribution in [3.8, 4) is 0 Å². The Hall–Kier alpha value is -1.26. The van der Waals surface area contributed by atoms with E-state index in [1.807, 2.05) is 19.2 Å². The molecule has 0 unspecified atom stereocenters. The van der Waals surface area contributed by atoms with Gasteiger partial charge in [0.15, 0.2) is 5.78 Å². The molecular weight excluding hydrogens is 226 g/mol. The average molecular weight is 247 g/mol. The second-order valence-corrected chi connectivity index (χ2v) is 5.05. The van der Waals surface area contributed by atoms with Crippen molar-refractivity contribution in [1.29, 1.82) is 0 Å². The lowest BCUT2D eigenvalue weighted by Gasteiger charge is -2.27. The quantitative estimate of drug-likeness (QED) is 0.794. The fourth-order valence-corrected chi connectivity index (χ4v) is 2.44. The predicted molar refractivity (Wildman–Crippen MR) is 71.7 cm³/mol. The zero-order valence-electron chi connectivity index (χ0n) is 10.9. The van der Waals surface area contributed by atoms with Gasteiger partial charge >= 0.3 is 0 Å². The van der Waals surface area contributed by atoms with Gasteiger partial charge in [-0.1, -0.05) is 6.07 Å². The highest BCUT2D eigenvalue weighted by atomic mass is 16.1. The molecule has 1 atom stereocenters. The van der Waals surface area contributed by atoms with Crippen molar-refractivity contribution in [1.82, 2.24) is 15.2 Å². The molecule has 4 heteroatoms. The maximum atomic E-state index is 12.0. The van der Waals surface area contributed by atoms with Crippen molar-refractivity contribution in [2.45, 2.75) is 12.8 Å². The zero-order chi connectivity index (χ0) is 12.8. The Morgan fingerprint density at radius 1 is 1.56 bits per heavy atom. The first-order valence-corrected chi connectivity index (χ1v) is 6.59. The predicted octanol–water partition coefficient (Wildman–Crippen LogP) is 1.20. The molecule has 1 aromatic heterocycles. The number of piperidine rings is 1. The molecule has 2 rings (SSSR count). The van der Waals surface area contributed by atoms with Crippen molar-refractivity contribution in [3.05, 3.63) is 30.1 Å². The minimum Gasteiger partial charge on any atom is -0.316 e. The molecule has 1 saturated heterocycles. The molecule has 0 radical (unpaired) electrons. The lowest BCUT2D eigenvalue weighted by Crippen LogP contribution is -2.38. The van der Waals surface area contributed by atoms with E-state index in [4.69, 9.17) is 0 Å². The largest absolute Gasteiger partial charge is 0.316 e. The van der Waals surface area contributed by atoms with E-state index in [0.717, 1.165) is 19.6 Å². The molecule has 0 aromatic carbocycles. The molecule has 0 spiro atoms. The maximum Gasteiger partial charge on any atom is 0.195 e. The number of pyridine rings is 1. The Balaban J connectivity index is 1.80. The van der Waals surface area contributed by atoms with Crippen LogP contribution in [-0.4, -0.2) is 48.9 Å². The Labute approximate surface area is 108 Å². The van der Waals surface area contributed by atoms with Crippen LogP contribution in [0.15, 0.2) is 24.4 Å². The number of nitrogens with one attached hydrogen (secondary N) is 1. The van der Waals surface area contributed by atoms with Crippen molar-refractivity contribution in [2.24, 2.45) is 5.92 Å². The van der Waals surface area contributed by atoms with Gasteiger partial charge in [0.05, 0.1) is 6.54 Å². The summed E-state index contributed by atoms with van der Waals surface area (Å²) in [5.74, 6) is 0.766. The first-order valence-electron chi connectivity index (χ1n) is 6.59. The summed E-state index contributed by atoms with van der Waals surface area (Å²) in [5, 5.41) is 3.40. The van der Waals surface area contributed by atoms with Gasteiger partial charge in [-0.15, -0.1) is 0 Å². The summed E-state index contributed by atoms with van der Waals surface area (Å²) in [5.41, 5.74) is 0.561. The van der Waals surface area contributed by atoms with Crippen molar-refractivity contribution in [2.75, 3.05) is 33.2 Å². The molecule has 1 aliphatic heterocycles. The van der Waals surface area contributed by atoms with Gasteiger partial charge in [0, 0.05) is 12.7 Å². The fraction of sp³-hybridized carbons (Fsp3) is 0.571. The number of ketones is 1. The molecule has 18 heavy (non-hydrogen) atoms. The second-order valence-electron chi connectivity index (χ2n) is 5.05. The van der Waals surface area contributed by atoms with E-state index < -0.39 is 0 Å². The molecule has 1 fully saturated rings. The highest BCUT2D eigenvalue weighted by molar-refractivity contribution is 5.95. The SMILES string of the molecule is CN(CC(=O)c1ccccn1)C[C@@H]1CCCNC1. The molecular formula is C14H21N3O. The van der Waals surface area contributed by atoms with Gasteiger partial charge in [0.25, 0.3) is 0 Å². The van der Waals surface area contributed by atoms with E-state index in [9.17, 15) is 4.79 Å². The number of aromatic nitrogens is 1. The molecule has 0 bridgehead atoms. The molecule has 0 amide bonds. The monoisotopic (exact) mass is 247 g/mol. The highest BCUT2D eigenvalue weighted by Gasteiger charge is 2.17. The number of carbonyl (C=O) groups excluding carboxylic acids is 1. The van der Waals surface area contributed by atoms with Crippen LogP contribution in [0.1, 0.15) is 23.3 Å². The van der Waals surface area contributed by atoms with Crippen LogP contribution in [0.2, 0.25) is 0 Å². The molecule has 0 aliphatic carbocycles. The first kappa shape index (κ1) is 13.2. The van der Waals surface area contributed by atoms with Gasteiger partial charge in [-0.05, 0) is 51.0 Å². The Bertz CT molecular complexity index is 374. The molecule has 1 aromatic rings. The normalized spacial score (nSPS) is 20.0. The first-order chi connectivity index (χ1) is 8.75. The van der Waals surface area contributed by atoms with Crippen molar-refractivity contribution >= 4 is 5.78 Å². The standard InChI is InChI=1S/C14H21N3O/c1-17(10-12-5-4-7-15-9-12)11-14(18)13-6-2-3-8-16-13/h2-3,6,8,12,15H,4-5,7,9-11H2,1H3/t12-/m1/s1. The third-order valence-corrected chi connectivity index (χ3v) is 3.33. The Kier molecular flexibility index (Phi) is 4.84. The number of nitrogens with zero attached hydrogens (tertiary/aromatic N) is 2. The van der Waals surface area contributed by atoms with Crippen molar-refractivity contribution < 1.29 is 4.79 Å². The summed E-state index contributed by atoms with van der Waals surface area (Å²) in [4.78, 5) is 18.2. The summed E-state index contributed by atoms with van der Waals surface area (Å²) in [6.45, 7) is 3.63. The molecule has 2 heterocycles. The number of likely N-dealkylation sites (N-methyl/N-ethyl adjacent to an activating group) is 1. The average Bonchev–Trinajstić information content (AvgIpc) is 2.40. The third kappa shape index (κ3) is 3.89. The number of carbonyl (C=O) groups is 1. The number of Topliss-reactive ketones (excluding diaryl/α,β-unsaturated/α-hetero) is 1. The molecule has 98 valence electrons. The van der Waals surface area contributed by atoms with E-state index in [2.05, 4.69) is 15.2 Å². The van der Waals surface area contributed by atoms with Gasteiger partial charge in [-0.2, -0.15) is 0 Å². The Morgan fingerprint density at radius 2 is 2.44 bits per heavy atom. The number of hydrogen-bond donors (Lipinski definition) is 1. The van der Waals surface area contributed by atoms with Gasteiger partial charge in [-0.25, -0.2) is 0 Å². The smallest absolute Gasteiger partial charge is 0.195 e. The van der Waals surface area contributed by atoms with Crippen molar-refractivity contribution in [3.63, 3.8) is 0 Å². The minimum absolute atomic E-state index is 0.0990. The molecule has 1 N–H and O–H groups in total. The molecule has 0 saturated carbocycles. The number of hydrogen-bond acceptors (Lipinski definition) is 4. The fourth-order valence-electron chi connectivity index (χ4n) is 2.44. The molecule has 4 nitrogen and oxygen atoms in total. The maximum absolute atomic E-state index is 12.0. The van der Waals surface area contributed by atoms with Crippen LogP contribution in [0, 0.1) is 5.92 Å². The van der Waals surface area contributed by atoms with E-state index in [1.54, 1.807) is 12.3 Å². The van der Waals surface area contributed by atoms with Crippen LogP contribution in [0.3, 0.4) is 0 Å². The van der Waals surface area contributed by atoms with E-state index >= 15 is 0 Å². The minimum atomic E-state index is 0.0990. The topological polar surface area (TPSA) is 45.2 Å². The summed E-state index contributed by atoms with van der Waals surface area (Å²) in [6.07, 6.45) is 4.17. The summed E-state index contributed by atoms with van der Waals surface area (Å²) >= 11 is 0. The van der Waals surface area contributed by atoms with E-state index in [-0.39, 0.29) is 5.78 Å². The van der Waals surface area contributed by atoms with Crippen LogP contribution in [0.4, 0.5) is 0 Å². The third-order valence-electron chi connectivity index (χ3n) is 3.33. The Morgan fingerprint density at radius 3 is 3.11 bits per heavy atom. The van der Waals surface area contributed by atoms with E-state index in [0.29, 0.717) is 18.2 Å². The summed E-state index contributed by atoms with van der Waals surface area (Å²) in [6, 6.07) is 5.46. The highest BCUT2D eigenvalue weighted by Crippen LogP contribution is 2.11. The van der Waals surface area contributed by atoms with Crippen LogP contribution < -0.4 is 5.32 Å². The summed E-state index contributed by atoms with van der Waals surface area (Å²) in [7, 11) is 2.01. The second kappa shape index (κ2) is 6.61. The van der Waals surface area contributed by atoms with Crippen LogP contribution in [0.25, 0.3) is 0 Å². The van der Waals surface area contributed by atoms with Crippen LogP contribution in [-0.2, 0) is 0 Å². The lowest BCUT2D eigenvalue weighted by atomic mass is 9.99. The van der Waals surface area contributed by atoms with E-state index in [1.165, 1.54) is 12.8 Å².